The smallest absolute Gasteiger partial charge is 0.344 e. The van der Waals surface area contributed by atoms with Gasteiger partial charge in [-0.1, -0.05) is 32.0 Å². The summed E-state index contributed by atoms with van der Waals surface area (Å²) in [4.78, 5) is 38.0. The number of allylic oxidation sites excluding steroid dienone is 2. The molecule has 0 fully saturated rings. The molecule has 2 aliphatic rings. The molecule has 0 radical (unpaired) electrons. The lowest BCUT2D eigenvalue weighted by Crippen LogP contribution is -2.36. The van der Waals surface area contributed by atoms with Gasteiger partial charge in [0, 0.05) is 24.0 Å². The number of Topliss-reactive ketones (excluding diaryl/α,β-unsaturated/α-hetero) is 1. The van der Waals surface area contributed by atoms with Crippen molar-refractivity contribution in [2.24, 2.45) is 11.1 Å². The van der Waals surface area contributed by atoms with Crippen molar-refractivity contribution in [1.82, 2.24) is 0 Å². The van der Waals surface area contributed by atoms with Crippen molar-refractivity contribution in [2.45, 2.75) is 46.5 Å². The van der Waals surface area contributed by atoms with Gasteiger partial charge < -0.3 is 24.7 Å². The molecule has 172 valence electrons. The third kappa shape index (κ3) is 4.79. The lowest BCUT2D eigenvalue weighted by Gasteiger charge is -2.38. The minimum Gasteiger partial charge on any atom is -0.482 e. The van der Waals surface area contributed by atoms with Crippen molar-refractivity contribution in [3.8, 4) is 5.75 Å². The average molecular weight is 443 g/mol. The number of carbonyl (C=O) groups is 3. The summed E-state index contributed by atoms with van der Waals surface area (Å²) in [6.45, 7) is 7.40. The maximum absolute atomic E-state index is 13.3. The minimum atomic E-state index is -0.834. The highest BCUT2D eigenvalue weighted by Gasteiger charge is 2.45. The number of hydrogen-bond donors (Lipinski definition) is 1. The Balaban J connectivity index is 2.12. The Morgan fingerprint density at radius 3 is 2.50 bits per heavy atom. The summed E-state index contributed by atoms with van der Waals surface area (Å²) in [5.74, 6) is -1.47. The van der Waals surface area contributed by atoms with Crippen molar-refractivity contribution in [2.75, 3.05) is 19.8 Å². The molecule has 3 rings (SSSR count). The van der Waals surface area contributed by atoms with Gasteiger partial charge in [0.2, 0.25) is 5.88 Å². The van der Waals surface area contributed by atoms with Gasteiger partial charge in [-0.15, -0.1) is 0 Å². The summed E-state index contributed by atoms with van der Waals surface area (Å²) >= 11 is 0. The van der Waals surface area contributed by atoms with Crippen LogP contribution in [-0.4, -0.2) is 37.5 Å². The highest BCUT2D eigenvalue weighted by Crippen LogP contribution is 2.49. The van der Waals surface area contributed by atoms with E-state index < -0.39 is 17.9 Å². The first kappa shape index (κ1) is 23.4. The van der Waals surface area contributed by atoms with Crippen LogP contribution in [0.2, 0.25) is 0 Å². The Labute approximate surface area is 187 Å². The molecule has 0 saturated carbocycles. The fourth-order valence-electron chi connectivity index (χ4n) is 4.09. The van der Waals surface area contributed by atoms with Crippen molar-refractivity contribution in [1.29, 1.82) is 0 Å². The van der Waals surface area contributed by atoms with Gasteiger partial charge in [0.25, 0.3) is 0 Å². The Hall–Kier alpha value is -3.29. The van der Waals surface area contributed by atoms with Crippen molar-refractivity contribution in [3.63, 3.8) is 0 Å². The van der Waals surface area contributed by atoms with Crippen LogP contribution in [0.25, 0.3) is 0 Å². The van der Waals surface area contributed by atoms with Crippen LogP contribution in [0.1, 0.15) is 52.0 Å². The Kier molecular flexibility index (Phi) is 6.91. The molecule has 1 aromatic carbocycles. The van der Waals surface area contributed by atoms with E-state index in [2.05, 4.69) is 0 Å². The van der Waals surface area contributed by atoms with Crippen LogP contribution in [0.4, 0.5) is 0 Å². The van der Waals surface area contributed by atoms with Crippen molar-refractivity contribution >= 4 is 17.7 Å². The molecule has 1 aliphatic heterocycles. The number of ketones is 1. The second-order valence-corrected chi connectivity index (χ2v) is 8.44. The Morgan fingerprint density at radius 2 is 1.81 bits per heavy atom. The van der Waals surface area contributed by atoms with Gasteiger partial charge in [0.1, 0.15) is 17.1 Å². The minimum absolute atomic E-state index is 0.0471. The summed E-state index contributed by atoms with van der Waals surface area (Å²) in [6, 6.07) is 6.90. The highest BCUT2D eigenvalue weighted by atomic mass is 16.6. The molecule has 0 aromatic heterocycles. The van der Waals surface area contributed by atoms with Crippen LogP contribution < -0.4 is 10.5 Å². The number of para-hydroxylation sites is 1. The normalized spacial score (nSPS) is 19.8. The van der Waals surface area contributed by atoms with E-state index in [1.165, 1.54) is 0 Å². The molecule has 8 heteroatoms. The zero-order chi connectivity index (χ0) is 23.5. The van der Waals surface area contributed by atoms with E-state index in [9.17, 15) is 14.4 Å². The number of ether oxygens (including phenoxy) is 4. The van der Waals surface area contributed by atoms with Gasteiger partial charge in [0.05, 0.1) is 19.1 Å². The molecule has 8 nitrogen and oxygen atoms in total. The standard InChI is InChI=1S/C24H29NO7/c1-5-29-18(27)13-31-16-10-8-7-9-14(16)19-20-15(26)11-24(3,4)12-17(20)32-22(25)21(19)23(28)30-6-2/h7-10,19H,5-6,11-13,25H2,1-4H3. The molecular formula is C24H29NO7. The van der Waals surface area contributed by atoms with Crippen molar-refractivity contribution in [3.05, 3.63) is 52.6 Å². The quantitative estimate of drug-likeness (QED) is 0.640. The van der Waals surface area contributed by atoms with E-state index in [4.69, 9.17) is 24.7 Å². The molecule has 1 heterocycles. The largest absolute Gasteiger partial charge is 0.482 e. The van der Waals surface area contributed by atoms with Gasteiger partial charge >= 0.3 is 11.9 Å². The number of benzene rings is 1. The highest BCUT2D eigenvalue weighted by molar-refractivity contribution is 6.03. The predicted molar refractivity (Wildman–Crippen MR) is 115 cm³/mol. The van der Waals surface area contributed by atoms with E-state index in [-0.39, 0.29) is 42.5 Å². The van der Waals surface area contributed by atoms with Gasteiger partial charge in [-0.2, -0.15) is 0 Å². The Bertz CT molecular complexity index is 990. The summed E-state index contributed by atoms with van der Waals surface area (Å²) in [7, 11) is 0. The molecule has 32 heavy (non-hydrogen) atoms. The van der Waals surface area contributed by atoms with Gasteiger partial charge in [-0.25, -0.2) is 9.59 Å². The molecule has 0 saturated heterocycles. The third-order valence-corrected chi connectivity index (χ3v) is 5.33. The SMILES string of the molecule is CCOC(=O)COc1ccccc1C1C(C(=O)OCC)=C(N)OC2=C1C(=O)CC(C)(C)C2. The topological polar surface area (TPSA) is 114 Å². The van der Waals surface area contributed by atoms with Crippen LogP contribution in [0.3, 0.4) is 0 Å². The summed E-state index contributed by atoms with van der Waals surface area (Å²) in [6.07, 6.45) is 0.792. The monoisotopic (exact) mass is 443 g/mol. The van der Waals surface area contributed by atoms with Gasteiger partial charge in [0.15, 0.2) is 12.4 Å². The average Bonchev–Trinajstić information content (AvgIpc) is 2.71. The first-order valence-electron chi connectivity index (χ1n) is 10.7. The number of hydrogen-bond acceptors (Lipinski definition) is 8. The molecule has 1 unspecified atom stereocenters. The first-order chi connectivity index (χ1) is 15.2. The third-order valence-electron chi connectivity index (χ3n) is 5.33. The zero-order valence-electron chi connectivity index (χ0n) is 18.9. The lowest BCUT2D eigenvalue weighted by molar-refractivity contribution is -0.145. The lowest BCUT2D eigenvalue weighted by atomic mass is 9.70. The van der Waals surface area contributed by atoms with E-state index in [0.717, 1.165) is 0 Å². The van der Waals surface area contributed by atoms with Crippen LogP contribution in [0, 0.1) is 5.41 Å². The maximum Gasteiger partial charge on any atom is 0.344 e. The molecular weight excluding hydrogens is 414 g/mol. The number of carbonyl (C=O) groups excluding carboxylic acids is 3. The van der Waals surface area contributed by atoms with Crippen LogP contribution >= 0.6 is 0 Å². The maximum atomic E-state index is 13.3. The first-order valence-corrected chi connectivity index (χ1v) is 10.7. The summed E-state index contributed by atoms with van der Waals surface area (Å²) < 4.78 is 21.7. The molecule has 0 spiro atoms. The molecule has 0 amide bonds. The number of rotatable bonds is 7. The second-order valence-electron chi connectivity index (χ2n) is 8.44. The van der Waals surface area contributed by atoms with Gasteiger partial charge in [-0.05, 0) is 25.3 Å². The van der Waals surface area contributed by atoms with Crippen LogP contribution in [0.15, 0.2) is 47.1 Å². The molecule has 1 aromatic rings. The Morgan fingerprint density at radius 1 is 1.12 bits per heavy atom. The molecule has 1 aliphatic carbocycles. The predicted octanol–water partition coefficient (Wildman–Crippen LogP) is 3.12. The van der Waals surface area contributed by atoms with E-state index in [0.29, 0.717) is 35.5 Å². The second kappa shape index (κ2) is 9.46. The number of nitrogens with two attached hydrogens (primary N) is 1. The van der Waals surface area contributed by atoms with E-state index in [1.807, 2.05) is 13.8 Å². The molecule has 2 N–H and O–H groups in total. The number of esters is 2. The van der Waals surface area contributed by atoms with Crippen molar-refractivity contribution < 1.29 is 33.3 Å². The van der Waals surface area contributed by atoms with E-state index >= 15 is 0 Å². The van der Waals surface area contributed by atoms with Crippen LogP contribution in [0.5, 0.6) is 5.75 Å². The fourth-order valence-corrected chi connectivity index (χ4v) is 4.09. The van der Waals surface area contributed by atoms with Gasteiger partial charge in [-0.3, -0.25) is 4.79 Å². The molecule has 1 atom stereocenters. The summed E-state index contributed by atoms with van der Waals surface area (Å²) in [5, 5.41) is 0. The molecule has 0 bridgehead atoms. The fraction of sp³-hybridized carbons (Fsp3) is 0.458. The van der Waals surface area contributed by atoms with Crippen LogP contribution in [-0.2, 0) is 28.6 Å². The van der Waals surface area contributed by atoms with E-state index in [1.54, 1.807) is 38.1 Å². The zero-order valence-corrected chi connectivity index (χ0v) is 18.9. The summed E-state index contributed by atoms with van der Waals surface area (Å²) in [5.41, 5.74) is 6.82.